The van der Waals surface area contributed by atoms with Crippen LogP contribution in [0.1, 0.15) is 27.2 Å². The second-order valence-electron chi connectivity index (χ2n) is 4.02. The molecule has 80 valence electrons. The van der Waals surface area contributed by atoms with Crippen LogP contribution in [-0.2, 0) is 4.79 Å². The van der Waals surface area contributed by atoms with E-state index in [0.717, 1.165) is 6.42 Å². The smallest absolute Gasteiger partial charge is 0.228 e. The minimum absolute atomic E-state index is 0.166. The summed E-state index contributed by atoms with van der Waals surface area (Å²) in [4.78, 5) is 13.8. The zero-order chi connectivity index (χ0) is 11.2. The van der Waals surface area contributed by atoms with Crippen molar-refractivity contribution in [2.75, 3.05) is 13.1 Å². The van der Waals surface area contributed by atoms with E-state index >= 15 is 0 Å². The molecule has 14 heavy (non-hydrogen) atoms. The number of rotatable bonds is 6. The van der Waals surface area contributed by atoms with Gasteiger partial charge in [-0.2, -0.15) is 0 Å². The molecule has 0 radical (unpaired) electrons. The molecule has 0 atom stereocenters. The molecule has 0 bridgehead atoms. The number of carbonyl (C=O) groups is 1. The average molecular weight is 195 g/mol. The van der Waals surface area contributed by atoms with Gasteiger partial charge >= 0.3 is 0 Å². The summed E-state index contributed by atoms with van der Waals surface area (Å²) in [5, 5.41) is 0. The predicted octanol–water partition coefficient (Wildman–Crippen LogP) is 2.62. The molecule has 0 unspecified atom stereocenters. The van der Waals surface area contributed by atoms with E-state index in [1.165, 1.54) is 0 Å². The minimum Gasteiger partial charge on any atom is -0.335 e. The number of hydrogen-bond donors (Lipinski definition) is 0. The zero-order valence-electron chi connectivity index (χ0n) is 9.55. The summed E-state index contributed by atoms with van der Waals surface area (Å²) in [6.45, 7) is 14.4. The molecular weight excluding hydrogens is 174 g/mol. The van der Waals surface area contributed by atoms with Gasteiger partial charge in [0.05, 0.1) is 0 Å². The van der Waals surface area contributed by atoms with Crippen LogP contribution in [0, 0.1) is 5.41 Å². The van der Waals surface area contributed by atoms with Crippen LogP contribution in [0.25, 0.3) is 0 Å². The summed E-state index contributed by atoms with van der Waals surface area (Å²) in [7, 11) is 0. The highest BCUT2D eigenvalue weighted by Gasteiger charge is 2.28. The van der Waals surface area contributed by atoms with Gasteiger partial charge in [0, 0.05) is 18.5 Å². The van der Waals surface area contributed by atoms with Crippen molar-refractivity contribution >= 4 is 5.91 Å². The zero-order valence-corrected chi connectivity index (χ0v) is 9.55. The first-order chi connectivity index (χ1) is 6.49. The van der Waals surface area contributed by atoms with Gasteiger partial charge in [-0.15, -0.1) is 13.2 Å². The SMILES string of the molecule is C=CCN(CC=C)C(=O)C(C)(C)CC. The third-order valence-electron chi connectivity index (χ3n) is 2.45. The maximum Gasteiger partial charge on any atom is 0.228 e. The van der Waals surface area contributed by atoms with Gasteiger partial charge in [-0.25, -0.2) is 0 Å². The van der Waals surface area contributed by atoms with Crippen LogP contribution in [0.15, 0.2) is 25.3 Å². The largest absolute Gasteiger partial charge is 0.335 e. The second-order valence-corrected chi connectivity index (χ2v) is 4.02. The van der Waals surface area contributed by atoms with Crippen molar-refractivity contribution in [2.45, 2.75) is 27.2 Å². The lowest BCUT2D eigenvalue weighted by Gasteiger charge is -2.29. The first-order valence-corrected chi connectivity index (χ1v) is 5.00. The van der Waals surface area contributed by atoms with Crippen molar-refractivity contribution in [1.29, 1.82) is 0 Å². The molecule has 0 aromatic heterocycles. The Morgan fingerprint density at radius 1 is 1.29 bits per heavy atom. The molecule has 0 aliphatic carbocycles. The van der Waals surface area contributed by atoms with Gasteiger partial charge in [0.25, 0.3) is 0 Å². The van der Waals surface area contributed by atoms with Crippen molar-refractivity contribution in [3.8, 4) is 0 Å². The summed E-state index contributed by atoms with van der Waals surface area (Å²) >= 11 is 0. The topological polar surface area (TPSA) is 20.3 Å². The highest BCUT2D eigenvalue weighted by atomic mass is 16.2. The Balaban J connectivity index is 4.56. The van der Waals surface area contributed by atoms with Gasteiger partial charge in [0.2, 0.25) is 5.91 Å². The standard InChI is InChI=1S/C12H21NO/c1-6-9-13(10-7-2)11(14)12(4,5)8-3/h6-7H,1-2,8-10H2,3-5H3. The molecule has 0 saturated heterocycles. The molecule has 2 nitrogen and oxygen atoms in total. The fraction of sp³-hybridized carbons (Fsp3) is 0.583. The van der Waals surface area contributed by atoms with Crippen LogP contribution in [0.3, 0.4) is 0 Å². The summed E-state index contributed by atoms with van der Waals surface area (Å²) in [5.41, 5.74) is -0.286. The third-order valence-corrected chi connectivity index (χ3v) is 2.45. The molecule has 0 heterocycles. The summed E-state index contributed by atoms with van der Waals surface area (Å²) in [6.07, 6.45) is 4.33. The van der Waals surface area contributed by atoms with E-state index in [2.05, 4.69) is 13.2 Å². The Hall–Kier alpha value is -1.05. The molecule has 0 saturated carbocycles. The average Bonchev–Trinajstić information content (AvgIpc) is 2.16. The van der Waals surface area contributed by atoms with Crippen molar-refractivity contribution in [3.63, 3.8) is 0 Å². The summed E-state index contributed by atoms with van der Waals surface area (Å²) < 4.78 is 0. The predicted molar refractivity (Wildman–Crippen MR) is 61.0 cm³/mol. The Kier molecular flexibility index (Phi) is 5.21. The first-order valence-electron chi connectivity index (χ1n) is 5.00. The van der Waals surface area contributed by atoms with E-state index in [1.807, 2.05) is 20.8 Å². The second kappa shape index (κ2) is 5.63. The van der Waals surface area contributed by atoms with Crippen LogP contribution in [0.2, 0.25) is 0 Å². The van der Waals surface area contributed by atoms with Gasteiger partial charge in [-0.3, -0.25) is 4.79 Å². The maximum atomic E-state index is 12.0. The van der Waals surface area contributed by atoms with Crippen LogP contribution in [-0.4, -0.2) is 23.9 Å². The monoisotopic (exact) mass is 195 g/mol. The highest BCUT2D eigenvalue weighted by Crippen LogP contribution is 2.22. The molecule has 1 amide bonds. The molecule has 0 rings (SSSR count). The van der Waals surface area contributed by atoms with Crippen molar-refractivity contribution in [1.82, 2.24) is 4.90 Å². The van der Waals surface area contributed by atoms with Gasteiger partial charge in [0.15, 0.2) is 0 Å². The molecule has 0 aliphatic rings. The number of amides is 1. The van der Waals surface area contributed by atoms with E-state index in [9.17, 15) is 4.79 Å². The quantitative estimate of drug-likeness (QED) is 0.597. The number of carbonyl (C=O) groups excluding carboxylic acids is 1. The first kappa shape index (κ1) is 12.9. The fourth-order valence-electron chi connectivity index (χ4n) is 1.13. The van der Waals surface area contributed by atoms with Gasteiger partial charge in [-0.1, -0.05) is 32.9 Å². The van der Waals surface area contributed by atoms with E-state index < -0.39 is 0 Å². The molecule has 0 aromatic carbocycles. The Morgan fingerprint density at radius 3 is 2.00 bits per heavy atom. The van der Waals surface area contributed by atoms with Gasteiger partial charge < -0.3 is 4.90 Å². The molecule has 2 heteroatoms. The molecule has 0 aliphatic heterocycles. The molecule has 0 fully saturated rings. The van der Waals surface area contributed by atoms with E-state index in [-0.39, 0.29) is 11.3 Å². The van der Waals surface area contributed by atoms with Crippen LogP contribution in [0.5, 0.6) is 0 Å². The lowest BCUT2D eigenvalue weighted by molar-refractivity contribution is -0.139. The number of nitrogens with zero attached hydrogens (tertiary/aromatic N) is 1. The van der Waals surface area contributed by atoms with Crippen molar-refractivity contribution < 1.29 is 4.79 Å². The highest BCUT2D eigenvalue weighted by molar-refractivity contribution is 5.82. The van der Waals surface area contributed by atoms with E-state index in [0.29, 0.717) is 13.1 Å². The third kappa shape index (κ3) is 3.36. The fourth-order valence-corrected chi connectivity index (χ4v) is 1.13. The maximum absolute atomic E-state index is 12.0. The van der Waals surface area contributed by atoms with Gasteiger partial charge in [0.1, 0.15) is 0 Å². The minimum atomic E-state index is -0.286. The Bertz CT molecular complexity index is 208. The lowest BCUT2D eigenvalue weighted by atomic mass is 9.88. The summed E-state index contributed by atoms with van der Waals surface area (Å²) in [5.74, 6) is 0.166. The van der Waals surface area contributed by atoms with E-state index in [1.54, 1.807) is 17.1 Å². The number of hydrogen-bond acceptors (Lipinski definition) is 1. The van der Waals surface area contributed by atoms with Crippen LogP contribution in [0.4, 0.5) is 0 Å². The summed E-state index contributed by atoms with van der Waals surface area (Å²) in [6, 6.07) is 0. The van der Waals surface area contributed by atoms with Crippen molar-refractivity contribution in [2.24, 2.45) is 5.41 Å². The molecule has 0 spiro atoms. The van der Waals surface area contributed by atoms with Gasteiger partial charge in [-0.05, 0) is 6.42 Å². The lowest BCUT2D eigenvalue weighted by Crippen LogP contribution is -2.40. The van der Waals surface area contributed by atoms with Crippen molar-refractivity contribution in [3.05, 3.63) is 25.3 Å². The molecular formula is C12H21NO. The molecule has 0 N–H and O–H groups in total. The molecule has 0 aromatic rings. The van der Waals surface area contributed by atoms with E-state index in [4.69, 9.17) is 0 Å². The Labute approximate surface area is 87.3 Å². The Morgan fingerprint density at radius 2 is 1.71 bits per heavy atom. The van der Waals surface area contributed by atoms with Crippen LogP contribution >= 0.6 is 0 Å². The van der Waals surface area contributed by atoms with Crippen LogP contribution < -0.4 is 0 Å². The normalized spacial score (nSPS) is 10.8.